The minimum absolute atomic E-state index is 0.368. The highest BCUT2D eigenvalue weighted by atomic mass is 127. The molecule has 0 bridgehead atoms. The lowest BCUT2D eigenvalue weighted by Gasteiger charge is -2.00. The van der Waals surface area contributed by atoms with Gasteiger partial charge in [-0.2, -0.15) is 0 Å². The Bertz CT molecular complexity index is 371. The molecule has 0 radical (unpaired) electrons. The highest BCUT2D eigenvalue weighted by molar-refractivity contribution is 14.2. The van der Waals surface area contributed by atoms with E-state index in [9.17, 15) is 8.42 Å². The molecule has 0 saturated heterocycles. The van der Waals surface area contributed by atoms with E-state index in [0.717, 1.165) is 15.4 Å². The number of benzene rings is 1. The molecule has 0 aliphatic carbocycles. The Labute approximate surface area is 97.2 Å². The summed E-state index contributed by atoms with van der Waals surface area (Å²) in [4.78, 5) is 0.368. The van der Waals surface area contributed by atoms with E-state index in [2.05, 4.69) is 0 Å². The summed E-state index contributed by atoms with van der Waals surface area (Å²) in [5.41, 5.74) is 1.06. The quantitative estimate of drug-likeness (QED) is 0.621. The van der Waals surface area contributed by atoms with Gasteiger partial charge >= 0.3 is 0 Å². The molecule has 0 unspecified atom stereocenters. The first kappa shape index (κ1) is 11.7. The maximum atomic E-state index is 11.5. The first-order valence-electron chi connectivity index (χ1n) is 3.35. The van der Waals surface area contributed by atoms with Crippen molar-refractivity contribution in [3.05, 3.63) is 29.8 Å². The third-order valence-electron chi connectivity index (χ3n) is 1.42. The van der Waals surface area contributed by atoms with Gasteiger partial charge in [-0.05, 0) is 27.0 Å². The minimum atomic E-state index is -3.15. The molecule has 0 heterocycles. The van der Waals surface area contributed by atoms with Crippen molar-refractivity contribution in [3.63, 3.8) is 0 Å². The van der Waals surface area contributed by atoms with Crippen LogP contribution in [0, 0.1) is 6.92 Å². The average molecular weight is 346 g/mol. The van der Waals surface area contributed by atoms with Crippen molar-refractivity contribution in [2.75, 3.05) is 0 Å². The van der Waals surface area contributed by atoms with Crippen LogP contribution in [0.3, 0.4) is 0 Å². The summed E-state index contributed by atoms with van der Waals surface area (Å²) in [7, 11) is -1.08. The molecule has 72 valence electrons. The van der Waals surface area contributed by atoms with Crippen LogP contribution in [-0.4, -0.2) is 8.42 Å². The highest BCUT2D eigenvalue weighted by Crippen LogP contribution is 2.38. The second kappa shape index (κ2) is 4.90. The van der Waals surface area contributed by atoms with Crippen LogP contribution in [0.25, 0.3) is 0 Å². The molecule has 0 aliphatic heterocycles. The fraction of sp³-hybridized carbons (Fsp3) is 0.143. The molecular formula is C7H7IO2S3. The van der Waals surface area contributed by atoms with Crippen LogP contribution in [-0.2, 0) is 8.87 Å². The third-order valence-corrected chi connectivity index (χ3v) is 9.81. The lowest BCUT2D eigenvalue weighted by atomic mass is 10.2. The standard InChI is InChI=1S/C7H7IO2S3/c1-6-2-4-7(5-3-6)13(9,10)12-11-8/h2-5H,1H3. The van der Waals surface area contributed by atoms with Crippen molar-refractivity contribution in [1.82, 2.24) is 0 Å². The van der Waals surface area contributed by atoms with Crippen LogP contribution in [0.15, 0.2) is 29.2 Å². The molecule has 1 rings (SSSR count). The summed E-state index contributed by atoms with van der Waals surface area (Å²) in [6.45, 7) is 1.93. The van der Waals surface area contributed by atoms with Crippen LogP contribution in [0.4, 0.5) is 0 Å². The Morgan fingerprint density at radius 1 is 1.23 bits per heavy atom. The topological polar surface area (TPSA) is 34.1 Å². The van der Waals surface area contributed by atoms with Gasteiger partial charge in [0.05, 0.1) is 14.7 Å². The van der Waals surface area contributed by atoms with Gasteiger partial charge in [0.15, 0.2) is 0 Å². The molecule has 1 aromatic carbocycles. The molecule has 0 amide bonds. The molecular weight excluding hydrogens is 339 g/mol. The number of rotatable bonds is 3. The van der Waals surface area contributed by atoms with Crippen molar-refractivity contribution in [1.29, 1.82) is 0 Å². The van der Waals surface area contributed by atoms with Crippen LogP contribution < -0.4 is 0 Å². The third kappa shape index (κ3) is 3.34. The summed E-state index contributed by atoms with van der Waals surface area (Å²) in [5, 5.41) is 0. The Morgan fingerprint density at radius 2 is 1.77 bits per heavy atom. The van der Waals surface area contributed by atoms with E-state index in [0.29, 0.717) is 4.90 Å². The predicted molar refractivity (Wildman–Crippen MR) is 67.6 cm³/mol. The van der Waals surface area contributed by atoms with Crippen molar-refractivity contribution in [2.24, 2.45) is 0 Å². The summed E-state index contributed by atoms with van der Waals surface area (Å²) >= 11 is 1.95. The molecule has 0 spiro atoms. The summed E-state index contributed by atoms with van der Waals surface area (Å²) in [5.74, 6) is 0. The van der Waals surface area contributed by atoms with Crippen molar-refractivity contribution >= 4 is 47.9 Å². The minimum Gasteiger partial charge on any atom is -0.211 e. The molecule has 6 heteroatoms. The van der Waals surface area contributed by atoms with E-state index in [1.54, 1.807) is 24.3 Å². The van der Waals surface area contributed by atoms with E-state index in [1.165, 1.54) is 7.97 Å². The van der Waals surface area contributed by atoms with Gasteiger partial charge in [0, 0.05) is 21.2 Å². The van der Waals surface area contributed by atoms with Crippen molar-refractivity contribution in [3.8, 4) is 0 Å². The normalized spacial score (nSPS) is 11.5. The highest BCUT2D eigenvalue weighted by Gasteiger charge is 2.14. The fourth-order valence-electron chi connectivity index (χ4n) is 0.778. The van der Waals surface area contributed by atoms with E-state index in [4.69, 9.17) is 0 Å². The smallest absolute Gasteiger partial charge is 0.211 e. The van der Waals surface area contributed by atoms with Crippen LogP contribution >= 0.6 is 39.0 Å². The van der Waals surface area contributed by atoms with Gasteiger partial charge < -0.3 is 0 Å². The molecule has 0 N–H and O–H groups in total. The lowest BCUT2D eigenvalue weighted by molar-refractivity contribution is 0.611. The van der Waals surface area contributed by atoms with Crippen LogP contribution in [0.1, 0.15) is 5.56 Å². The van der Waals surface area contributed by atoms with Crippen molar-refractivity contribution < 1.29 is 8.42 Å². The first-order valence-corrected chi connectivity index (χ1v) is 10.0. The number of hydrogen-bond acceptors (Lipinski definition) is 4. The molecule has 0 aromatic heterocycles. The van der Waals surface area contributed by atoms with Gasteiger partial charge in [-0.3, -0.25) is 0 Å². The Balaban J connectivity index is 3.02. The number of aryl methyl sites for hydroxylation is 1. The summed E-state index contributed by atoms with van der Waals surface area (Å²) < 4.78 is 23.0. The molecule has 13 heavy (non-hydrogen) atoms. The van der Waals surface area contributed by atoms with Gasteiger partial charge in [-0.1, -0.05) is 17.7 Å². The first-order chi connectivity index (χ1) is 6.06. The Morgan fingerprint density at radius 3 is 2.23 bits per heavy atom. The van der Waals surface area contributed by atoms with Gasteiger partial charge in [0.1, 0.15) is 0 Å². The maximum absolute atomic E-state index is 11.5. The zero-order valence-electron chi connectivity index (χ0n) is 6.73. The molecule has 2 nitrogen and oxygen atoms in total. The van der Waals surface area contributed by atoms with Gasteiger partial charge in [-0.25, -0.2) is 8.42 Å². The SMILES string of the molecule is Cc1ccc(S(=O)(=O)SSI)cc1. The van der Waals surface area contributed by atoms with Gasteiger partial charge in [0.2, 0.25) is 8.87 Å². The van der Waals surface area contributed by atoms with E-state index >= 15 is 0 Å². The van der Waals surface area contributed by atoms with E-state index in [1.807, 2.05) is 28.1 Å². The second-order valence-electron chi connectivity index (χ2n) is 2.40. The van der Waals surface area contributed by atoms with Crippen LogP contribution in [0.2, 0.25) is 0 Å². The van der Waals surface area contributed by atoms with Crippen LogP contribution in [0.5, 0.6) is 0 Å². The number of hydrogen-bond donors (Lipinski definition) is 0. The zero-order valence-corrected chi connectivity index (χ0v) is 11.3. The fourth-order valence-corrected chi connectivity index (χ4v) is 8.70. The number of halogens is 1. The molecule has 0 aliphatic rings. The van der Waals surface area contributed by atoms with E-state index < -0.39 is 8.87 Å². The molecule has 0 fully saturated rings. The van der Waals surface area contributed by atoms with Crippen molar-refractivity contribution in [2.45, 2.75) is 11.8 Å². The maximum Gasteiger partial charge on any atom is 0.240 e. The Hall–Kier alpha value is 0.600. The predicted octanol–water partition coefficient (Wildman–Crippen LogP) is 3.42. The summed E-state index contributed by atoms with van der Waals surface area (Å²) in [6, 6.07) is 6.85. The average Bonchev–Trinajstić information content (AvgIpc) is 2.05. The van der Waals surface area contributed by atoms with Gasteiger partial charge in [-0.15, -0.1) is 0 Å². The largest absolute Gasteiger partial charge is 0.240 e. The Kier molecular flexibility index (Phi) is 4.40. The molecule has 0 saturated carbocycles. The summed E-state index contributed by atoms with van der Waals surface area (Å²) in [6.07, 6.45) is 0. The monoisotopic (exact) mass is 346 g/mol. The lowest BCUT2D eigenvalue weighted by Crippen LogP contribution is -1.92. The molecule has 1 aromatic rings. The zero-order chi connectivity index (χ0) is 9.90. The van der Waals surface area contributed by atoms with Gasteiger partial charge in [0.25, 0.3) is 0 Å². The van der Waals surface area contributed by atoms with E-state index in [-0.39, 0.29) is 0 Å². The molecule has 0 atom stereocenters. The second-order valence-corrected chi connectivity index (χ2v) is 10.6.